The number of hydrogen-bond donors (Lipinski definition) is 1. The summed E-state index contributed by atoms with van der Waals surface area (Å²) in [6.07, 6.45) is 4.47. The van der Waals surface area contributed by atoms with Gasteiger partial charge < -0.3 is 19.7 Å². The number of nitrogens with one attached hydrogen (secondary N) is 1. The fourth-order valence-electron chi connectivity index (χ4n) is 3.58. The number of esters is 1. The Morgan fingerprint density at radius 3 is 2.54 bits per heavy atom. The second-order valence-electron chi connectivity index (χ2n) is 6.77. The van der Waals surface area contributed by atoms with Gasteiger partial charge in [-0.15, -0.1) is 0 Å². The van der Waals surface area contributed by atoms with Crippen molar-refractivity contribution in [2.45, 2.75) is 38.1 Å². The number of rotatable bonds is 6. The van der Waals surface area contributed by atoms with Crippen molar-refractivity contribution in [1.29, 1.82) is 0 Å². The summed E-state index contributed by atoms with van der Waals surface area (Å²) in [5, 5.41) is 2.65. The van der Waals surface area contributed by atoms with Crippen molar-refractivity contribution in [2.24, 2.45) is 5.92 Å². The molecule has 1 aromatic carbocycles. The van der Waals surface area contributed by atoms with Crippen molar-refractivity contribution < 1.29 is 23.9 Å². The maximum absolute atomic E-state index is 12.2. The first-order valence-electron chi connectivity index (χ1n) is 8.97. The Morgan fingerprint density at radius 1 is 1.19 bits per heavy atom. The van der Waals surface area contributed by atoms with Crippen LogP contribution >= 0.6 is 0 Å². The van der Waals surface area contributed by atoms with E-state index in [1.165, 1.54) is 0 Å². The Hall–Kier alpha value is -2.57. The fourth-order valence-corrected chi connectivity index (χ4v) is 3.58. The molecule has 0 unspecified atom stereocenters. The first kappa shape index (κ1) is 18.2. The lowest BCUT2D eigenvalue weighted by Crippen LogP contribution is -2.35. The zero-order valence-electron chi connectivity index (χ0n) is 14.9. The van der Waals surface area contributed by atoms with Gasteiger partial charge in [0, 0.05) is 24.7 Å². The third-order valence-electron chi connectivity index (χ3n) is 4.98. The average molecular weight is 360 g/mol. The molecule has 1 N–H and O–H groups in total. The third kappa shape index (κ3) is 4.33. The number of nitrogens with zero attached hydrogens (tertiary/aromatic N) is 1. The van der Waals surface area contributed by atoms with Crippen molar-refractivity contribution >= 4 is 23.5 Å². The summed E-state index contributed by atoms with van der Waals surface area (Å²) < 4.78 is 10.2. The van der Waals surface area contributed by atoms with Gasteiger partial charge in [0.1, 0.15) is 5.75 Å². The Morgan fingerprint density at radius 2 is 1.88 bits per heavy atom. The van der Waals surface area contributed by atoms with E-state index in [-0.39, 0.29) is 25.0 Å². The smallest absolute Gasteiger partial charge is 0.311 e. The minimum Gasteiger partial charge on any atom is -0.497 e. The largest absolute Gasteiger partial charge is 0.497 e. The van der Waals surface area contributed by atoms with E-state index in [0.717, 1.165) is 25.7 Å². The van der Waals surface area contributed by atoms with Crippen LogP contribution in [0.3, 0.4) is 0 Å². The second kappa shape index (κ2) is 8.21. The van der Waals surface area contributed by atoms with E-state index in [0.29, 0.717) is 18.0 Å². The number of carbonyl (C=O) groups excluding carboxylic acids is 3. The van der Waals surface area contributed by atoms with Crippen molar-refractivity contribution in [3.8, 4) is 5.75 Å². The van der Waals surface area contributed by atoms with Crippen LogP contribution in [0.5, 0.6) is 5.75 Å². The molecule has 1 saturated heterocycles. The lowest BCUT2D eigenvalue weighted by molar-refractivity contribution is -0.151. The van der Waals surface area contributed by atoms with Gasteiger partial charge in [-0.2, -0.15) is 0 Å². The van der Waals surface area contributed by atoms with Crippen LogP contribution in [0.1, 0.15) is 32.1 Å². The molecule has 0 bridgehead atoms. The molecule has 140 valence electrons. The van der Waals surface area contributed by atoms with E-state index in [1.54, 1.807) is 31.4 Å². The van der Waals surface area contributed by atoms with E-state index < -0.39 is 17.8 Å². The van der Waals surface area contributed by atoms with Crippen LogP contribution in [0.2, 0.25) is 0 Å². The molecular weight excluding hydrogens is 336 g/mol. The summed E-state index contributed by atoms with van der Waals surface area (Å²) in [5.41, 5.74) is 0.593. The molecule has 3 rings (SSSR count). The van der Waals surface area contributed by atoms with Gasteiger partial charge in [-0.3, -0.25) is 14.4 Å². The van der Waals surface area contributed by atoms with Crippen LogP contribution in [0.25, 0.3) is 0 Å². The zero-order chi connectivity index (χ0) is 18.5. The Bertz CT molecular complexity index is 667. The van der Waals surface area contributed by atoms with Gasteiger partial charge in [-0.05, 0) is 37.1 Å². The molecule has 1 saturated carbocycles. The molecule has 2 amide bonds. The standard InChI is InChI=1S/C19H24N2O5/c1-25-16-8-6-14(7-9-16)20-17(22)12-26-19(24)13-10-18(23)21(11-13)15-4-2-3-5-15/h6-9,13,15H,2-5,10-12H2,1H3,(H,20,22)/t13-/m1/s1. The highest BCUT2D eigenvalue weighted by atomic mass is 16.5. The van der Waals surface area contributed by atoms with Crippen molar-refractivity contribution in [3.05, 3.63) is 24.3 Å². The summed E-state index contributed by atoms with van der Waals surface area (Å²) in [6, 6.07) is 7.12. The number of ether oxygens (including phenoxy) is 2. The molecular formula is C19H24N2O5. The highest BCUT2D eigenvalue weighted by molar-refractivity contribution is 5.93. The highest BCUT2D eigenvalue weighted by Crippen LogP contribution is 2.29. The van der Waals surface area contributed by atoms with Crippen LogP contribution in [0, 0.1) is 5.92 Å². The Balaban J connectivity index is 1.44. The van der Waals surface area contributed by atoms with Gasteiger partial charge in [-0.25, -0.2) is 0 Å². The van der Waals surface area contributed by atoms with E-state index in [9.17, 15) is 14.4 Å². The molecule has 1 aromatic rings. The molecule has 7 nitrogen and oxygen atoms in total. The zero-order valence-corrected chi connectivity index (χ0v) is 14.9. The molecule has 2 fully saturated rings. The van der Waals surface area contributed by atoms with Gasteiger partial charge in [0.15, 0.2) is 6.61 Å². The van der Waals surface area contributed by atoms with Crippen LogP contribution < -0.4 is 10.1 Å². The van der Waals surface area contributed by atoms with Crippen molar-refractivity contribution in [1.82, 2.24) is 4.90 Å². The SMILES string of the molecule is COc1ccc(NC(=O)COC(=O)[C@@H]2CC(=O)N(C3CCCC3)C2)cc1. The van der Waals surface area contributed by atoms with E-state index in [1.807, 2.05) is 4.90 Å². The summed E-state index contributed by atoms with van der Waals surface area (Å²) in [6.45, 7) is 0.0431. The number of amides is 2. The van der Waals surface area contributed by atoms with Crippen molar-refractivity contribution in [2.75, 3.05) is 25.6 Å². The summed E-state index contributed by atoms with van der Waals surface area (Å²) >= 11 is 0. The van der Waals surface area contributed by atoms with Gasteiger partial charge in [0.25, 0.3) is 5.91 Å². The van der Waals surface area contributed by atoms with Crippen LogP contribution in [0.15, 0.2) is 24.3 Å². The summed E-state index contributed by atoms with van der Waals surface area (Å²) in [4.78, 5) is 38.1. The monoisotopic (exact) mass is 360 g/mol. The first-order valence-corrected chi connectivity index (χ1v) is 8.97. The van der Waals surface area contributed by atoms with Crippen LogP contribution in [0.4, 0.5) is 5.69 Å². The summed E-state index contributed by atoms with van der Waals surface area (Å²) in [5.74, 6) is -0.671. The quantitative estimate of drug-likeness (QED) is 0.784. The number of methoxy groups -OCH3 is 1. The molecule has 1 atom stereocenters. The number of carbonyl (C=O) groups is 3. The lowest BCUT2D eigenvalue weighted by atomic mass is 10.1. The van der Waals surface area contributed by atoms with Crippen LogP contribution in [-0.4, -0.2) is 49.0 Å². The number of hydrogen-bond acceptors (Lipinski definition) is 5. The Kier molecular flexibility index (Phi) is 5.75. The maximum Gasteiger partial charge on any atom is 0.311 e. The van der Waals surface area contributed by atoms with Gasteiger partial charge in [0.2, 0.25) is 5.91 Å². The predicted octanol–water partition coefficient (Wildman–Crippen LogP) is 1.97. The van der Waals surface area contributed by atoms with Gasteiger partial charge in [-0.1, -0.05) is 12.8 Å². The number of likely N-dealkylation sites (tertiary alicyclic amines) is 1. The molecule has 0 aromatic heterocycles. The van der Waals surface area contributed by atoms with Crippen molar-refractivity contribution in [3.63, 3.8) is 0 Å². The first-order chi connectivity index (χ1) is 12.6. The van der Waals surface area contributed by atoms with Gasteiger partial charge in [0.05, 0.1) is 13.0 Å². The van der Waals surface area contributed by atoms with Crippen LogP contribution in [-0.2, 0) is 19.1 Å². The molecule has 7 heteroatoms. The number of anilines is 1. The molecule has 0 radical (unpaired) electrons. The molecule has 1 aliphatic carbocycles. The van der Waals surface area contributed by atoms with E-state index in [4.69, 9.17) is 9.47 Å². The molecule has 2 aliphatic rings. The highest BCUT2D eigenvalue weighted by Gasteiger charge is 2.39. The number of benzene rings is 1. The normalized spacial score (nSPS) is 20.3. The average Bonchev–Trinajstić information content (AvgIpc) is 3.29. The fraction of sp³-hybridized carbons (Fsp3) is 0.526. The molecule has 0 spiro atoms. The lowest BCUT2D eigenvalue weighted by Gasteiger charge is -2.23. The minimum atomic E-state index is -0.483. The van der Waals surface area contributed by atoms with Gasteiger partial charge >= 0.3 is 5.97 Å². The topological polar surface area (TPSA) is 84.9 Å². The summed E-state index contributed by atoms with van der Waals surface area (Å²) in [7, 11) is 1.56. The Labute approximate surface area is 152 Å². The molecule has 1 aliphatic heterocycles. The predicted molar refractivity (Wildman–Crippen MR) is 94.7 cm³/mol. The molecule has 26 heavy (non-hydrogen) atoms. The second-order valence-corrected chi connectivity index (χ2v) is 6.77. The third-order valence-corrected chi connectivity index (χ3v) is 4.98. The van der Waals surface area contributed by atoms with E-state index >= 15 is 0 Å². The van der Waals surface area contributed by atoms with E-state index in [2.05, 4.69) is 5.32 Å². The maximum atomic E-state index is 12.2. The molecule has 1 heterocycles. The minimum absolute atomic E-state index is 0.0153.